The summed E-state index contributed by atoms with van der Waals surface area (Å²) in [6.07, 6.45) is 4.16. The van der Waals surface area contributed by atoms with Gasteiger partial charge in [0.15, 0.2) is 0 Å². The van der Waals surface area contributed by atoms with Gasteiger partial charge in [0.05, 0.1) is 0 Å². The Kier molecular flexibility index (Phi) is 3.70. The Labute approximate surface area is 120 Å². The van der Waals surface area contributed by atoms with E-state index in [9.17, 15) is 0 Å². The number of fused-ring (bicyclic) bond motifs is 1. The fourth-order valence-electron chi connectivity index (χ4n) is 2.91. The quantitative estimate of drug-likeness (QED) is 0.909. The monoisotopic (exact) mass is 267 g/mol. The number of nitrogens with zero attached hydrogens (tertiary/aromatic N) is 2. The number of hydrogen-bond acceptors (Lipinski definition) is 3. The van der Waals surface area contributed by atoms with Crippen molar-refractivity contribution in [2.24, 2.45) is 5.73 Å². The lowest BCUT2D eigenvalue weighted by Gasteiger charge is -2.25. The third kappa shape index (κ3) is 2.54. The van der Waals surface area contributed by atoms with Crippen LogP contribution in [0, 0.1) is 0 Å². The molecule has 1 unspecified atom stereocenters. The largest absolute Gasteiger partial charge is 0.352 e. The molecule has 0 saturated heterocycles. The normalized spacial score (nSPS) is 16.4. The summed E-state index contributed by atoms with van der Waals surface area (Å²) in [5.74, 6) is 1.04. The zero-order valence-electron chi connectivity index (χ0n) is 11.9. The van der Waals surface area contributed by atoms with Gasteiger partial charge in [-0.3, -0.25) is 0 Å². The first-order valence-corrected chi connectivity index (χ1v) is 7.28. The molecule has 3 nitrogen and oxygen atoms in total. The van der Waals surface area contributed by atoms with Gasteiger partial charge in [0.2, 0.25) is 0 Å². The Morgan fingerprint density at radius 1 is 1.15 bits per heavy atom. The van der Waals surface area contributed by atoms with Gasteiger partial charge in [-0.25, -0.2) is 4.98 Å². The molecule has 3 heteroatoms. The SMILES string of the molecule is CC(N)c1cccnc1N1CCCc2ccccc2C1. The van der Waals surface area contributed by atoms with Crippen LogP contribution >= 0.6 is 0 Å². The Hall–Kier alpha value is -1.87. The van der Waals surface area contributed by atoms with Gasteiger partial charge in [0.1, 0.15) is 5.82 Å². The summed E-state index contributed by atoms with van der Waals surface area (Å²) in [4.78, 5) is 6.95. The van der Waals surface area contributed by atoms with E-state index in [0.29, 0.717) is 0 Å². The smallest absolute Gasteiger partial charge is 0.133 e. The van der Waals surface area contributed by atoms with Crippen molar-refractivity contribution < 1.29 is 0 Å². The lowest BCUT2D eigenvalue weighted by atomic mass is 10.0. The van der Waals surface area contributed by atoms with Crippen molar-refractivity contribution in [2.75, 3.05) is 11.4 Å². The van der Waals surface area contributed by atoms with E-state index in [0.717, 1.165) is 37.3 Å². The summed E-state index contributed by atoms with van der Waals surface area (Å²) in [5.41, 5.74) is 10.1. The molecular weight excluding hydrogens is 246 g/mol. The van der Waals surface area contributed by atoms with Crippen LogP contribution in [0.25, 0.3) is 0 Å². The molecule has 0 amide bonds. The van der Waals surface area contributed by atoms with Crippen LogP contribution in [0.4, 0.5) is 5.82 Å². The molecule has 104 valence electrons. The lowest BCUT2D eigenvalue weighted by Crippen LogP contribution is -2.26. The van der Waals surface area contributed by atoms with Crippen LogP contribution in [0.3, 0.4) is 0 Å². The van der Waals surface area contributed by atoms with Crippen molar-refractivity contribution in [3.05, 3.63) is 59.3 Å². The molecule has 1 aromatic heterocycles. The second-order valence-corrected chi connectivity index (χ2v) is 5.50. The van der Waals surface area contributed by atoms with E-state index in [2.05, 4.69) is 40.2 Å². The third-order valence-corrected chi connectivity index (χ3v) is 3.96. The number of hydrogen-bond donors (Lipinski definition) is 1. The summed E-state index contributed by atoms with van der Waals surface area (Å²) in [5, 5.41) is 0. The van der Waals surface area contributed by atoms with Crippen molar-refractivity contribution in [1.82, 2.24) is 4.98 Å². The molecule has 20 heavy (non-hydrogen) atoms. The second-order valence-electron chi connectivity index (χ2n) is 5.50. The van der Waals surface area contributed by atoms with Crippen molar-refractivity contribution in [2.45, 2.75) is 32.4 Å². The van der Waals surface area contributed by atoms with Crippen LogP contribution in [-0.2, 0) is 13.0 Å². The number of pyridine rings is 1. The summed E-state index contributed by atoms with van der Waals surface area (Å²) in [7, 11) is 0. The molecule has 0 radical (unpaired) electrons. The average Bonchev–Trinajstić information content (AvgIpc) is 2.69. The van der Waals surface area contributed by atoms with Gasteiger partial charge in [-0.1, -0.05) is 30.3 Å². The lowest BCUT2D eigenvalue weighted by molar-refractivity contribution is 0.730. The minimum atomic E-state index is 0.0113. The topological polar surface area (TPSA) is 42.1 Å². The summed E-state index contributed by atoms with van der Waals surface area (Å²) in [6.45, 7) is 3.98. The number of benzene rings is 1. The van der Waals surface area contributed by atoms with Gasteiger partial charge < -0.3 is 10.6 Å². The van der Waals surface area contributed by atoms with Gasteiger partial charge in [0.25, 0.3) is 0 Å². The molecule has 0 fully saturated rings. The fourth-order valence-corrected chi connectivity index (χ4v) is 2.91. The molecule has 1 aliphatic rings. The van der Waals surface area contributed by atoms with Gasteiger partial charge in [-0.05, 0) is 37.0 Å². The van der Waals surface area contributed by atoms with E-state index in [-0.39, 0.29) is 6.04 Å². The molecule has 0 spiro atoms. The number of aromatic nitrogens is 1. The molecule has 2 heterocycles. The first kappa shape index (κ1) is 13.1. The Morgan fingerprint density at radius 3 is 2.75 bits per heavy atom. The van der Waals surface area contributed by atoms with Crippen molar-refractivity contribution in [3.63, 3.8) is 0 Å². The van der Waals surface area contributed by atoms with Gasteiger partial charge >= 0.3 is 0 Å². The van der Waals surface area contributed by atoms with Crippen LogP contribution < -0.4 is 10.6 Å². The first-order valence-electron chi connectivity index (χ1n) is 7.28. The van der Waals surface area contributed by atoms with Crippen molar-refractivity contribution >= 4 is 5.82 Å². The van der Waals surface area contributed by atoms with E-state index < -0.39 is 0 Å². The minimum Gasteiger partial charge on any atom is -0.352 e. The predicted octanol–water partition coefficient (Wildman–Crippen LogP) is 3.05. The maximum absolute atomic E-state index is 6.09. The van der Waals surface area contributed by atoms with Crippen molar-refractivity contribution in [3.8, 4) is 0 Å². The van der Waals surface area contributed by atoms with Crippen molar-refractivity contribution in [1.29, 1.82) is 0 Å². The molecule has 0 bridgehead atoms. The van der Waals surface area contributed by atoms with Gasteiger partial charge in [-0.15, -0.1) is 0 Å². The van der Waals surface area contributed by atoms with Crippen LogP contribution in [0.5, 0.6) is 0 Å². The molecule has 1 aliphatic heterocycles. The van der Waals surface area contributed by atoms with E-state index in [1.54, 1.807) is 0 Å². The Bertz CT molecular complexity index is 592. The maximum atomic E-state index is 6.09. The Balaban J connectivity index is 1.96. The average molecular weight is 267 g/mol. The van der Waals surface area contributed by atoms with Gasteiger partial charge in [0, 0.05) is 30.9 Å². The van der Waals surface area contributed by atoms with E-state index >= 15 is 0 Å². The predicted molar refractivity (Wildman–Crippen MR) is 82.7 cm³/mol. The van der Waals surface area contributed by atoms with Crippen LogP contribution in [0.1, 0.15) is 36.1 Å². The highest BCUT2D eigenvalue weighted by molar-refractivity contribution is 5.50. The molecule has 2 aromatic rings. The summed E-state index contributed by atoms with van der Waals surface area (Å²) >= 11 is 0. The van der Waals surface area contributed by atoms with Crippen LogP contribution in [0.2, 0.25) is 0 Å². The highest BCUT2D eigenvalue weighted by Gasteiger charge is 2.18. The van der Waals surface area contributed by atoms with E-state index in [1.807, 2.05) is 19.2 Å². The molecular formula is C17H21N3. The Morgan fingerprint density at radius 2 is 1.95 bits per heavy atom. The number of rotatable bonds is 2. The maximum Gasteiger partial charge on any atom is 0.133 e. The number of anilines is 1. The summed E-state index contributed by atoms with van der Waals surface area (Å²) in [6, 6.07) is 12.8. The molecule has 0 aliphatic carbocycles. The molecule has 1 aromatic carbocycles. The molecule has 2 N–H and O–H groups in total. The first-order chi connectivity index (χ1) is 9.75. The summed E-state index contributed by atoms with van der Waals surface area (Å²) < 4.78 is 0. The van der Waals surface area contributed by atoms with E-state index in [4.69, 9.17) is 5.73 Å². The molecule has 3 rings (SSSR count). The van der Waals surface area contributed by atoms with E-state index in [1.165, 1.54) is 11.1 Å². The molecule has 0 saturated carbocycles. The number of nitrogens with two attached hydrogens (primary N) is 1. The fraction of sp³-hybridized carbons (Fsp3) is 0.353. The zero-order valence-corrected chi connectivity index (χ0v) is 11.9. The van der Waals surface area contributed by atoms with Gasteiger partial charge in [-0.2, -0.15) is 0 Å². The highest BCUT2D eigenvalue weighted by Crippen LogP contribution is 2.27. The minimum absolute atomic E-state index is 0.0113. The highest BCUT2D eigenvalue weighted by atomic mass is 15.2. The second kappa shape index (κ2) is 5.63. The zero-order chi connectivity index (χ0) is 13.9. The standard InChI is InChI=1S/C17H21N3/c1-13(18)16-9-4-10-19-17(16)20-11-5-8-14-6-2-3-7-15(14)12-20/h2-4,6-7,9-10,13H,5,8,11-12,18H2,1H3. The van der Waals surface area contributed by atoms with Crippen LogP contribution in [0.15, 0.2) is 42.6 Å². The van der Waals surface area contributed by atoms with Crippen LogP contribution in [-0.4, -0.2) is 11.5 Å². The molecule has 1 atom stereocenters. The number of aryl methyl sites for hydroxylation is 1. The third-order valence-electron chi connectivity index (χ3n) is 3.96.